The maximum absolute atomic E-state index is 14.0. The number of para-hydroxylation sites is 1. The smallest absolute Gasteiger partial charge is 0.256 e. The monoisotopic (exact) mass is 410 g/mol. The van der Waals surface area contributed by atoms with Crippen LogP contribution < -0.4 is 4.74 Å². The first-order valence-electron chi connectivity index (χ1n) is 10.4. The minimum atomic E-state index is -0.493. The molecular weight excluding hydrogens is 383 g/mol. The number of benzene rings is 2. The van der Waals surface area contributed by atoms with E-state index < -0.39 is 11.4 Å². The van der Waals surface area contributed by atoms with Gasteiger partial charge in [-0.15, -0.1) is 0 Å². The summed E-state index contributed by atoms with van der Waals surface area (Å²) in [6.07, 6.45) is 2.50. The minimum Gasteiger partial charge on any atom is -0.487 e. The van der Waals surface area contributed by atoms with Gasteiger partial charge in [-0.2, -0.15) is 0 Å². The molecule has 5 nitrogen and oxygen atoms in total. The Balaban J connectivity index is 1.51. The summed E-state index contributed by atoms with van der Waals surface area (Å²) < 4.78 is 20.5. The fraction of sp³-hybridized carbons (Fsp3) is 0.417. The molecule has 1 fully saturated rings. The molecule has 0 aliphatic carbocycles. The first kappa shape index (κ1) is 20.4. The van der Waals surface area contributed by atoms with Crippen molar-refractivity contribution in [2.75, 3.05) is 27.2 Å². The number of carbonyl (C=O) groups excluding carboxylic acids is 2. The predicted octanol–water partition coefficient (Wildman–Crippen LogP) is 3.85. The predicted molar refractivity (Wildman–Crippen MR) is 112 cm³/mol. The molecule has 1 spiro atoms. The molecule has 158 valence electrons. The summed E-state index contributed by atoms with van der Waals surface area (Å²) in [6.45, 7) is 1.01. The Morgan fingerprint density at radius 2 is 1.77 bits per heavy atom. The first-order chi connectivity index (χ1) is 14.4. The highest BCUT2D eigenvalue weighted by Crippen LogP contribution is 2.46. The third-order valence-corrected chi connectivity index (χ3v) is 6.29. The lowest BCUT2D eigenvalue weighted by Gasteiger charge is -2.47. The third-order valence-electron chi connectivity index (χ3n) is 6.29. The summed E-state index contributed by atoms with van der Waals surface area (Å²) in [6, 6.07) is 14.0. The summed E-state index contributed by atoms with van der Waals surface area (Å²) in [5.41, 5.74) is 0.776. The van der Waals surface area contributed by atoms with E-state index in [1.54, 1.807) is 36.0 Å². The Morgan fingerprint density at radius 1 is 1.10 bits per heavy atom. The number of nitrogens with zero attached hydrogens (tertiary/aromatic N) is 2. The van der Waals surface area contributed by atoms with Crippen LogP contribution in [0.3, 0.4) is 0 Å². The van der Waals surface area contributed by atoms with Gasteiger partial charge in [0.25, 0.3) is 5.91 Å². The van der Waals surface area contributed by atoms with E-state index in [1.165, 1.54) is 12.1 Å². The molecule has 6 heteroatoms. The van der Waals surface area contributed by atoms with Crippen molar-refractivity contribution in [3.05, 3.63) is 65.5 Å². The number of hydrogen-bond donors (Lipinski definition) is 0. The second kappa shape index (κ2) is 8.09. The Bertz CT molecular complexity index is 951. The maximum atomic E-state index is 14.0. The van der Waals surface area contributed by atoms with Crippen LogP contribution in [-0.4, -0.2) is 54.4 Å². The SMILES string of the molecule is CN(C)C(=O)CC1CC2(CCN(C(=O)c3ccccc3F)CC2)Oc2ccccc21. The number of fused-ring (bicyclic) bond motifs is 1. The molecule has 2 aliphatic rings. The van der Waals surface area contributed by atoms with E-state index >= 15 is 0 Å². The summed E-state index contributed by atoms with van der Waals surface area (Å²) in [5, 5.41) is 0. The van der Waals surface area contributed by atoms with Crippen LogP contribution in [0.5, 0.6) is 5.75 Å². The average molecular weight is 410 g/mol. The Hall–Kier alpha value is -2.89. The van der Waals surface area contributed by atoms with Crippen LogP contribution in [0.25, 0.3) is 0 Å². The Morgan fingerprint density at radius 3 is 2.47 bits per heavy atom. The molecule has 1 saturated heterocycles. The lowest BCUT2D eigenvalue weighted by atomic mass is 9.76. The van der Waals surface area contributed by atoms with Gasteiger partial charge in [0.2, 0.25) is 5.91 Å². The molecule has 2 aliphatic heterocycles. The van der Waals surface area contributed by atoms with Crippen molar-refractivity contribution in [3.8, 4) is 5.75 Å². The number of carbonyl (C=O) groups is 2. The third kappa shape index (κ3) is 3.91. The molecule has 0 saturated carbocycles. The molecule has 2 aromatic rings. The zero-order valence-electron chi connectivity index (χ0n) is 17.4. The number of ether oxygens (including phenoxy) is 1. The van der Waals surface area contributed by atoms with Gasteiger partial charge in [0.1, 0.15) is 17.2 Å². The van der Waals surface area contributed by atoms with Crippen LogP contribution in [-0.2, 0) is 4.79 Å². The number of rotatable bonds is 3. The minimum absolute atomic E-state index is 0.0821. The summed E-state index contributed by atoms with van der Waals surface area (Å²) in [7, 11) is 3.55. The second-order valence-corrected chi connectivity index (χ2v) is 8.49. The van der Waals surface area contributed by atoms with Crippen molar-refractivity contribution in [1.29, 1.82) is 0 Å². The van der Waals surface area contributed by atoms with Gasteiger partial charge in [-0.3, -0.25) is 9.59 Å². The van der Waals surface area contributed by atoms with Crippen LogP contribution >= 0.6 is 0 Å². The first-order valence-corrected chi connectivity index (χ1v) is 10.4. The molecule has 2 aromatic carbocycles. The van der Waals surface area contributed by atoms with Gasteiger partial charge < -0.3 is 14.5 Å². The lowest BCUT2D eigenvalue weighted by Crippen LogP contribution is -2.52. The number of piperidine rings is 1. The van der Waals surface area contributed by atoms with E-state index in [9.17, 15) is 14.0 Å². The van der Waals surface area contributed by atoms with Crippen molar-refractivity contribution in [2.45, 2.75) is 37.2 Å². The largest absolute Gasteiger partial charge is 0.487 e. The van der Waals surface area contributed by atoms with Crippen molar-refractivity contribution in [2.24, 2.45) is 0 Å². The van der Waals surface area contributed by atoms with E-state index in [0.29, 0.717) is 32.4 Å². The van der Waals surface area contributed by atoms with Gasteiger partial charge in [0.05, 0.1) is 5.56 Å². The van der Waals surface area contributed by atoms with E-state index in [0.717, 1.165) is 17.7 Å². The molecule has 2 amide bonds. The van der Waals surface area contributed by atoms with E-state index in [2.05, 4.69) is 0 Å². The molecule has 4 rings (SSSR count). The van der Waals surface area contributed by atoms with Gasteiger partial charge in [-0.25, -0.2) is 4.39 Å². The van der Waals surface area contributed by atoms with Crippen molar-refractivity contribution in [1.82, 2.24) is 9.80 Å². The quantitative estimate of drug-likeness (QED) is 0.772. The van der Waals surface area contributed by atoms with Gasteiger partial charge in [0.15, 0.2) is 0 Å². The maximum Gasteiger partial charge on any atom is 0.256 e. The number of halogens is 1. The fourth-order valence-corrected chi connectivity index (χ4v) is 4.55. The highest BCUT2D eigenvalue weighted by Gasteiger charge is 2.44. The lowest BCUT2D eigenvalue weighted by molar-refractivity contribution is -0.129. The van der Waals surface area contributed by atoms with Crippen LogP contribution in [0.4, 0.5) is 4.39 Å². The van der Waals surface area contributed by atoms with Crippen LogP contribution in [0.2, 0.25) is 0 Å². The zero-order chi connectivity index (χ0) is 21.3. The summed E-state index contributed by atoms with van der Waals surface area (Å²) in [4.78, 5) is 28.5. The standard InChI is InChI=1S/C24H27FN2O3/c1-26(2)22(28)15-17-16-24(30-21-10-6-4-7-18(17)21)11-13-27(14-12-24)23(29)19-8-3-5-9-20(19)25/h3-10,17H,11-16H2,1-2H3. The molecule has 0 N–H and O–H groups in total. The molecule has 1 atom stereocenters. The van der Waals surface area contributed by atoms with Gasteiger partial charge in [-0.05, 0) is 30.2 Å². The molecule has 0 radical (unpaired) electrons. The van der Waals surface area contributed by atoms with E-state index in [1.807, 2.05) is 24.3 Å². The van der Waals surface area contributed by atoms with Gasteiger partial charge >= 0.3 is 0 Å². The summed E-state index contributed by atoms with van der Waals surface area (Å²) in [5.74, 6) is 0.235. The number of likely N-dealkylation sites (tertiary alicyclic amines) is 1. The fourth-order valence-electron chi connectivity index (χ4n) is 4.55. The highest BCUT2D eigenvalue weighted by atomic mass is 19.1. The molecule has 1 unspecified atom stereocenters. The van der Waals surface area contributed by atoms with Crippen molar-refractivity contribution >= 4 is 11.8 Å². The second-order valence-electron chi connectivity index (χ2n) is 8.49. The normalized spacial score (nSPS) is 19.7. The number of hydrogen-bond acceptors (Lipinski definition) is 3. The van der Waals surface area contributed by atoms with E-state index in [4.69, 9.17) is 4.74 Å². The Kier molecular flexibility index (Phi) is 5.50. The van der Waals surface area contributed by atoms with Crippen molar-refractivity contribution < 1.29 is 18.7 Å². The van der Waals surface area contributed by atoms with Crippen molar-refractivity contribution in [3.63, 3.8) is 0 Å². The van der Waals surface area contributed by atoms with Gasteiger partial charge in [-0.1, -0.05) is 30.3 Å². The highest BCUT2D eigenvalue weighted by molar-refractivity contribution is 5.94. The van der Waals surface area contributed by atoms with Crippen LogP contribution in [0, 0.1) is 5.82 Å². The van der Waals surface area contributed by atoms with Gasteiger partial charge in [0, 0.05) is 52.4 Å². The van der Waals surface area contributed by atoms with E-state index in [-0.39, 0.29) is 23.3 Å². The number of amides is 2. The topological polar surface area (TPSA) is 49.9 Å². The van der Waals surface area contributed by atoms with Crippen LogP contribution in [0.1, 0.15) is 47.5 Å². The average Bonchev–Trinajstić information content (AvgIpc) is 2.74. The summed E-state index contributed by atoms with van der Waals surface area (Å²) >= 11 is 0. The molecule has 2 heterocycles. The molecular formula is C24H27FN2O3. The molecule has 30 heavy (non-hydrogen) atoms. The molecule has 0 bridgehead atoms. The Labute approximate surface area is 176 Å². The zero-order valence-corrected chi connectivity index (χ0v) is 17.4. The molecule has 0 aromatic heterocycles. The van der Waals surface area contributed by atoms with Crippen LogP contribution in [0.15, 0.2) is 48.5 Å².